The predicted molar refractivity (Wildman–Crippen MR) is 49.7 cm³/mol. The highest BCUT2D eigenvalue weighted by Crippen LogP contribution is 2.44. The lowest BCUT2D eigenvalue weighted by molar-refractivity contribution is -0.156. The summed E-state index contributed by atoms with van der Waals surface area (Å²) in [6.07, 6.45) is 3.28. The van der Waals surface area contributed by atoms with Gasteiger partial charge in [-0.2, -0.15) is 0 Å². The monoisotopic (exact) mass is 197 g/mol. The third-order valence-corrected chi connectivity index (χ3v) is 3.56. The number of carbonyl (C=O) groups is 2. The minimum absolute atomic E-state index is 0.100. The second-order valence-electron chi connectivity index (χ2n) is 4.43. The van der Waals surface area contributed by atoms with Gasteiger partial charge in [0, 0.05) is 13.5 Å². The minimum Gasteiger partial charge on any atom is -0.479 e. The van der Waals surface area contributed by atoms with Crippen molar-refractivity contribution in [1.82, 2.24) is 4.90 Å². The van der Waals surface area contributed by atoms with Crippen LogP contribution < -0.4 is 0 Å². The summed E-state index contributed by atoms with van der Waals surface area (Å²) < 4.78 is 0. The van der Waals surface area contributed by atoms with Crippen molar-refractivity contribution in [2.24, 2.45) is 5.92 Å². The number of nitrogens with zero attached hydrogens (tertiary/aromatic N) is 1. The third kappa shape index (κ3) is 1.13. The number of carboxylic acid groups (broad SMARTS) is 1. The summed E-state index contributed by atoms with van der Waals surface area (Å²) >= 11 is 0. The Morgan fingerprint density at radius 3 is 2.79 bits per heavy atom. The van der Waals surface area contributed by atoms with Crippen molar-refractivity contribution in [3.63, 3.8) is 0 Å². The van der Waals surface area contributed by atoms with Gasteiger partial charge in [0.25, 0.3) is 0 Å². The summed E-state index contributed by atoms with van der Waals surface area (Å²) in [7, 11) is 0. The van der Waals surface area contributed by atoms with Gasteiger partial charge >= 0.3 is 5.97 Å². The smallest absolute Gasteiger partial charge is 0.329 e. The molecule has 2 aliphatic rings. The number of likely N-dealkylation sites (tertiary alicyclic amines) is 1. The number of carbonyl (C=O) groups excluding carboxylic acids is 1. The highest BCUT2D eigenvalue weighted by Gasteiger charge is 2.54. The van der Waals surface area contributed by atoms with E-state index in [1.165, 1.54) is 6.92 Å². The quantitative estimate of drug-likeness (QED) is 0.678. The summed E-state index contributed by atoms with van der Waals surface area (Å²) in [5.74, 6) is -0.518. The van der Waals surface area contributed by atoms with E-state index in [-0.39, 0.29) is 5.91 Å². The lowest BCUT2D eigenvalue weighted by Gasteiger charge is -2.34. The van der Waals surface area contributed by atoms with E-state index in [1.807, 2.05) is 0 Å². The first kappa shape index (κ1) is 9.49. The maximum atomic E-state index is 11.4. The molecule has 1 heterocycles. The first-order valence-corrected chi connectivity index (χ1v) is 5.08. The molecule has 4 heteroatoms. The molecule has 1 amide bonds. The second-order valence-corrected chi connectivity index (χ2v) is 4.43. The predicted octanol–water partition coefficient (Wildman–Crippen LogP) is 0.862. The second kappa shape index (κ2) is 2.97. The topological polar surface area (TPSA) is 57.6 Å². The Morgan fingerprint density at radius 1 is 1.50 bits per heavy atom. The molecule has 1 aliphatic heterocycles. The maximum absolute atomic E-state index is 11.4. The largest absolute Gasteiger partial charge is 0.479 e. The molecular weight excluding hydrogens is 182 g/mol. The number of carboxylic acids is 1. The zero-order chi connectivity index (χ0) is 10.3. The summed E-state index contributed by atoms with van der Waals surface area (Å²) in [5, 5.41) is 9.24. The van der Waals surface area contributed by atoms with Gasteiger partial charge in [-0.25, -0.2) is 4.79 Å². The molecule has 2 bridgehead atoms. The zero-order valence-electron chi connectivity index (χ0n) is 8.32. The van der Waals surface area contributed by atoms with E-state index in [0.29, 0.717) is 25.3 Å². The third-order valence-electron chi connectivity index (χ3n) is 3.56. The van der Waals surface area contributed by atoms with Crippen LogP contribution in [0.1, 0.15) is 32.6 Å². The van der Waals surface area contributed by atoms with Crippen LogP contribution in [0, 0.1) is 5.92 Å². The van der Waals surface area contributed by atoms with Crippen molar-refractivity contribution >= 4 is 11.9 Å². The van der Waals surface area contributed by atoms with Crippen LogP contribution >= 0.6 is 0 Å². The molecule has 0 spiro atoms. The Kier molecular flexibility index (Phi) is 2.01. The van der Waals surface area contributed by atoms with Crippen molar-refractivity contribution in [1.29, 1.82) is 0 Å². The van der Waals surface area contributed by atoms with Gasteiger partial charge in [-0.05, 0) is 25.2 Å². The molecule has 2 rings (SSSR count). The van der Waals surface area contributed by atoms with E-state index in [1.54, 1.807) is 4.90 Å². The zero-order valence-corrected chi connectivity index (χ0v) is 8.32. The summed E-state index contributed by atoms with van der Waals surface area (Å²) in [6, 6.07) is 0. The fourth-order valence-electron chi connectivity index (χ4n) is 2.94. The van der Waals surface area contributed by atoms with Crippen molar-refractivity contribution in [3.05, 3.63) is 0 Å². The number of fused-ring (bicyclic) bond motifs is 2. The Labute approximate surface area is 82.9 Å². The molecule has 2 fully saturated rings. The van der Waals surface area contributed by atoms with Gasteiger partial charge in [0.2, 0.25) is 5.91 Å². The Hall–Kier alpha value is -1.06. The first-order valence-electron chi connectivity index (χ1n) is 5.08. The summed E-state index contributed by atoms with van der Waals surface area (Å²) in [6.45, 7) is 2.10. The molecule has 0 aromatic rings. The highest BCUT2D eigenvalue weighted by molar-refractivity contribution is 5.87. The summed E-state index contributed by atoms with van der Waals surface area (Å²) in [5.41, 5.74) is -0.866. The van der Waals surface area contributed by atoms with E-state index in [9.17, 15) is 14.7 Å². The number of hydrogen-bond donors (Lipinski definition) is 1. The van der Waals surface area contributed by atoms with E-state index in [2.05, 4.69) is 0 Å². The normalized spacial score (nSPS) is 35.8. The molecule has 1 saturated heterocycles. The van der Waals surface area contributed by atoms with E-state index in [0.717, 1.165) is 12.8 Å². The molecule has 0 aromatic carbocycles. The van der Waals surface area contributed by atoms with Gasteiger partial charge in [0.1, 0.15) is 5.54 Å². The number of rotatable bonds is 1. The van der Waals surface area contributed by atoms with Crippen LogP contribution in [0.2, 0.25) is 0 Å². The van der Waals surface area contributed by atoms with Gasteiger partial charge in [-0.3, -0.25) is 4.79 Å². The van der Waals surface area contributed by atoms with Gasteiger partial charge in [0.15, 0.2) is 0 Å². The molecule has 14 heavy (non-hydrogen) atoms. The van der Waals surface area contributed by atoms with Gasteiger partial charge in [0.05, 0.1) is 0 Å². The minimum atomic E-state index is -0.866. The van der Waals surface area contributed by atoms with Crippen LogP contribution in [0.3, 0.4) is 0 Å². The van der Waals surface area contributed by atoms with Gasteiger partial charge in [-0.15, -0.1) is 0 Å². The molecule has 0 radical (unpaired) electrons. The molecule has 4 nitrogen and oxygen atoms in total. The number of hydrogen-bond acceptors (Lipinski definition) is 2. The van der Waals surface area contributed by atoms with Crippen molar-refractivity contribution in [2.45, 2.75) is 38.1 Å². The molecular formula is C10H15NO3. The Morgan fingerprint density at radius 2 is 2.21 bits per heavy atom. The van der Waals surface area contributed by atoms with Crippen molar-refractivity contribution in [2.75, 3.05) is 6.54 Å². The van der Waals surface area contributed by atoms with Gasteiger partial charge < -0.3 is 10.0 Å². The first-order chi connectivity index (χ1) is 6.56. The Bertz CT molecular complexity index is 289. The standard InChI is InChI=1S/C10H15NO3/c1-7(12)11-6-8-3-2-4-10(11,5-8)9(13)14/h8H,2-6H2,1H3,(H,13,14). The van der Waals surface area contributed by atoms with E-state index < -0.39 is 11.5 Å². The molecule has 1 N–H and O–H groups in total. The SMILES string of the molecule is CC(=O)N1CC2CCCC1(C(=O)O)C2. The number of aliphatic carboxylic acids is 1. The fraction of sp³-hybridized carbons (Fsp3) is 0.800. The fourth-order valence-corrected chi connectivity index (χ4v) is 2.94. The van der Waals surface area contributed by atoms with Crippen LogP contribution in [-0.2, 0) is 9.59 Å². The summed E-state index contributed by atoms with van der Waals surface area (Å²) in [4.78, 5) is 24.2. The lowest BCUT2D eigenvalue weighted by Crippen LogP contribution is -2.52. The van der Waals surface area contributed by atoms with Crippen LogP contribution in [0.4, 0.5) is 0 Å². The van der Waals surface area contributed by atoms with E-state index in [4.69, 9.17) is 0 Å². The van der Waals surface area contributed by atoms with Crippen LogP contribution in [0.25, 0.3) is 0 Å². The Balaban J connectivity index is 2.34. The van der Waals surface area contributed by atoms with Crippen LogP contribution in [0.15, 0.2) is 0 Å². The molecule has 2 unspecified atom stereocenters. The maximum Gasteiger partial charge on any atom is 0.329 e. The molecule has 2 atom stereocenters. The van der Waals surface area contributed by atoms with Gasteiger partial charge in [-0.1, -0.05) is 6.42 Å². The average molecular weight is 197 g/mol. The van der Waals surface area contributed by atoms with Crippen LogP contribution in [-0.4, -0.2) is 34.0 Å². The number of amides is 1. The molecule has 78 valence electrons. The molecule has 1 aliphatic carbocycles. The molecule has 0 aromatic heterocycles. The van der Waals surface area contributed by atoms with Crippen molar-refractivity contribution in [3.8, 4) is 0 Å². The highest BCUT2D eigenvalue weighted by atomic mass is 16.4. The lowest BCUT2D eigenvalue weighted by atomic mass is 9.80. The average Bonchev–Trinajstić information content (AvgIpc) is 2.39. The van der Waals surface area contributed by atoms with E-state index >= 15 is 0 Å². The molecule has 1 saturated carbocycles. The van der Waals surface area contributed by atoms with Crippen LogP contribution in [0.5, 0.6) is 0 Å². The van der Waals surface area contributed by atoms with Crippen molar-refractivity contribution < 1.29 is 14.7 Å².